The Morgan fingerprint density at radius 2 is 1.76 bits per heavy atom. The van der Waals surface area contributed by atoms with Crippen LogP contribution in [0.4, 0.5) is 0 Å². The SMILES string of the molecule is CCCC(=O)NCC(=O)NC[C@@H](O)c1cc(Cl)cc(Cl)c1. The van der Waals surface area contributed by atoms with E-state index in [1.165, 1.54) is 0 Å². The van der Waals surface area contributed by atoms with Crippen LogP contribution in [0.3, 0.4) is 0 Å². The summed E-state index contributed by atoms with van der Waals surface area (Å²) < 4.78 is 0. The molecule has 1 rings (SSSR count). The number of carbonyl (C=O) groups excluding carboxylic acids is 2. The molecule has 1 aromatic rings. The number of hydrogen-bond donors (Lipinski definition) is 3. The molecule has 0 saturated heterocycles. The molecule has 0 aromatic heterocycles. The summed E-state index contributed by atoms with van der Waals surface area (Å²) in [5, 5.41) is 15.8. The second-order valence-corrected chi connectivity index (χ2v) is 5.42. The predicted octanol–water partition coefficient (Wildman–Crippen LogP) is 2.06. The summed E-state index contributed by atoms with van der Waals surface area (Å²) in [4.78, 5) is 22.7. The second kappa shape index (κ2) is 8.87. The molecule has 0 radical (unpaired) electrons. The Labute approximate surface area is 133 Å². The fourth-order valence-corrected chi connectivity index (χ4v) is 2.20. The minimum absolute atomic E-state index is 0.0130. The quantitative estimate of drug-likeness (QED) is 0.715. The van der Waals surface area contributed by atoms with E-state index in [4.69, 9.17) is 23.2 Å². The van der Waals surface area contributed by atoms with Crippen molar-refractivity contribution in [3.63, 3.8) is 0 Å². The van der Waals surface area contributed by atoms with Gasteiger partial charge in [-0.15, -0.1) is 0 Å². The van der Waals surface area contributed by atoms with Gasteiger partial charge >= 0.3 is 0 Å². The molecule has 0 unspecified atom stereocenters. The Bertz CT molecular complexity index is 489. The van der Waals surface area contributed by atoms with Crippen molar-refractivity contribution in [1.82, 2.24) is 10.6 Å². The molecule has 0 saturated carbocycles. The standard InChI is InChI=1S/C14H18Cl2N2O3/c1-2-3-13(20)18-8-14(21)17-7-12(19)9-4-10(15)6-11(16)5-9/h4-6,12,19H,2-3,7-8H2,1H3,(H,17,21)(H,18,20)/t12-/m1/s1. The van der Waals surface area contributed by atoms with Gasteiger partial charge in [0.2, 0.25) is 11.8 Å². The molecule has 0 aliphatic carbocycles. The van der Waals surface area contributed by atoms with Crippen molar-refractivity contribution in [2.45, 2.75) is 25.9 Å². The van der Waals surface area contributed by atoms with Crippen LogP contribution in [0.5, 0.6) is 0 Å². The van der Waals surface area contributed by atoms with E-state index in [1.54, 1.807) is 18.2 Å². The second-order valence-electron chi connectivity index (χ2n) is 4.55. The van der Waals surface area contributed by atoms with Crippen LogP contribution in [0.1, 0.15) is 31.4 Å². The van der Waals surface area contributed by atoms with Crippen molar-refractivity contribution in [3.8, 4) is 0 Å². The number of hydrogen-bond acceptors (Lipinski definition) is 3. The van der Waals surface area contributed by atoms with E-state index in [2.05, 4.69) is 10.6 Å². The van der Waals surface area contributed by atoms with Gasteiger partial charge in [0.05, 0.1) is 12.6 Å². The van der Waals surface area contributed by atoms with Gasteiger partial charge in [0, 0.05) is 23.0 Å². The van der Waals surface area contributed by atoms with E-state index >= 15 is 0 Å². The minimum Gasteiger partial charge on any atom is -0.387 e. The number of aliphatic hydroxyl groups excluding tert-OH is 1. The van der Waals surface area contributed by atoms with Crippen LogP contribution in [0.25, 0.3) is 0 Å². The Hall–Kier alpha value is -1.30. The molecule has 0 aliphatic rings. The summed E-state index contributed by atoms with van der Waals surface area (Å²) in [6.45, 7) is 1.78. The number of amides is 2. The highest BCUT2D eigenvalue weighted by Crippen LogP contribution is 2.23. The van der Waals surface area contributed by atoms with Gasteiger partial charge in [0.15, 0.2) is 0 Å². The normalized spacial score (nSPS) is 11.8. The molecule has 0 bridgehead atoms. The average Bonchev–Trinajstić information content (AvgIpc) is 2.41. The average molecular weight is 333 g/mol. The highest BCUT2D eigenvalue weighted by Gasteiger charge is 2.11. The Morgan fingerprint density at radius 3 is 2.33 bits per heavy atom. The Kier molecular flexibility index (Phi) is 7.50. The van der Waals surface area contributed by atoms with E-state index in [1.807, 2.05) is 6.92 Å². The lowest BCUT2D eigenvalue weighted by Gasteiger charge is -2.13. The molecule has 0 spiro atoms. The van der Waals surface area contributed by atoms with Crippen LogP contribution in [-0.2, 0) is 9.59 Å². The number of aliphatic hydroxyl groups is 1. The van der Waals surface area contributed by atoms with Crippen molar-refractivity contribution >= 4 is 35.0 Å². The summed E-state index contributed by atoms with van der Waals surface area (Å²) >= 11 is 11.7. The number of halogens is 2. The largest absolute Gasteiger partial charge is 0.387 e. The number of carbonyl (C=O) groups is 2. The van der Waals surface area contributed by atoms with Crippen LogP contribution >= 0.6 is 23.2 Å². The number of nitrogens with one attached hydrogen (secondary N) is 2. The minimum atomic E-state index is -0.920. The third kappa shape index (κ3) is 6.80. The highest BCUT2D eigenvalue weighted by atomic mass is 35.5. The summed E-state index contributed by atoms with van der Waals surface area (Å²) in [5.41, 5.74) is 0.516. The molecule has 116 valence electrons. The molecule has 5 nitrogen and oxygen atoms in total. The van der Waals surface area contributed by atoms with Gasteiger partial charge < -0.3 is 15.7 Å². The van der Waals surface area contributed by atoms with Gasteiger partial charge in [-0.2, -0.15) is 0 Å². The summed E-state index contributed by atoms with van der Waals surface area (Å²) in [7, 11) is 0. The lowest BCUT2D eigenvalue weighted by atomic mass is 10.1. The monoisotopic (exact) mass is 332 g/mol. The molecule has 0 fully saturated rings. The maximum atomic E-state index is 11.5. The fourth-order valence-electron chi connectivity index (χ4n) is 1.65. The van der Waals surface area contributed by atoms with Crippen LogP contribution in [0, 0.1) is 0 Å². The van der Waals surface area contributed by atoms with E-state index in [9.17, 15) is 14.7 Å². The molecular weight excluding hydrogens is 315 g/mol. The third-order valence-corrected chi connectivity index (χ3v) is 3.12. The smallest absolute Gasteiger partial charge is 0.239 e. The zero-order valence-electron chi connectivity index (χ0n) is 11.7. The predicted molar refractivity (Wildman–Crippen MR) is 82.3 cm³/mol. The molecule has 1 aromatic carbocycles. The first-order valence-corrected chi connectivity index (χ1v) is 7.35. The molecule has 7 heteroatoms. The molecule has 0 heterocycles. The lowest BCUT2D eigenvalue weighted by molar-refractivity contribution is -0.126. The first kappa shape index (κ1) is 17.8. The topological polar surface area (TPSA) is 78.4 Å². The highest BCUT2D eigenvalue weighted by molar-refractivity contribution is 6.34. The van der Waals surface area contributed by atoms with Crippen molar-refractivity contribution in [2.24, 2.45) is 0 Å². The van der Waals surface area contributed by atoms with E-state index < -0.39 is 6.10 Å². The van der Waals surface area contributed by atoms with E-state index in [-0.39, 0.29) is 24.9 Å². The third-order valence-electron chi connectivity index (χ3n) is 2.69. The van der Waals surface area contributed by atoms with Gasteiger partial charge in [0.1, 0.15) is 0 Å². The number of rotatable bonds is 7. The molecule has 1 atom stereocenters. The van der Waals surface area contributed by atoms with E-state index in [0.717, 1.165) is 6.42 Å². The summed E-state index contributed by atoms with van der Waals surface area (Å²) in [5.74, 6) is -0.540. The van der Waals surface area contributed by atoms with Crippen molar-refractivity contribution < 1.29 is 14.7 Å². The molecule has 0 aliphatic heterocycles. The number of benzene rings is 1. The summed E-state index contributed by atoms with van der Waals surface area (Å²) in [6.07, 6.45) is 0.190. The Morgan fingerprint density at radius 1 is 1.14 bits per heavy atom. The first-order chi connectivity index (χ1) is 9.92. The van der Waals surface area contributed by atoms with Crippen molar-refractivity contribution in [2.75, 3.05) is 13.1 Å². The van der Waals surface area contributed by atoms with Crippen LogP contribution in [0.2, 0.25) is 10.0 Å². The summed E-state index contributed by atoms with van der Waals surface area (Å²) in [6, 6.07) is 4.71. The zero-order valence-corrected chi connectivity index (χ0v) is 13.2. The zero-order chi connectivity index (χ0) is 15.8. The fraction of sp³-hybridized carbons (Fsp3) is 0.429. The van der Waals surface area contributed by atoms with Gasteiger partial charge in [-0.1, -0.05) is 30.1 Å². The maximum absolute atomic E-state index is 11.5. The van der Waals surface area contributed by atoms with Gasteiger partial charge in [-0.05, 0) is 30.2 Å². The Balaban J connectivity index is 2.40. The first-order valence-electron chi connectivity index (χ1n) is 6.59. The maximum Gasteiger partial charge on any atom is 0.239 e. The molecule has 3 N–H and O–H groups in total. The molecular formula is C14H18Cl2N2O3. The molecule has 21 heavy (non-hydrogen) atoms. The van der Waals surface area contributed by atoms with Crippen LogP contribution in [-0.4, -0.2) is 30.0 Å². The lowest BCUT2D eigenvalue weighted by Crippen LogP contribution is -2.38. The van der Waals surface area contributed by atoms with Gasteiger partial charge in [-0.3, -0.25) is 9.59 Å². The van der Waals surface area contributed by atoms with Crippen molar-refractivity contribution in [3.05, 3.63) is 33.8 Å². The van der Waals surface area contributed by atoms with Gasteiger partial charge in [-0.25, -0.2) is 0 Å². The van der Waals surface area contributed by atoms with Crippen molar-refractivity contribution in [1.29, 1.82) is 0 Å². The van der Waals surface area contributed by atoms with Gasteiger partial charge in [0.25, 0.3) is 0 Å². The molecule has 2 amide bonds. The van der Waals surface area contributed by atoms with Crippen LogP contribution in [0.15, 0.2) is 18.2 Å². The van der Waals surface area contributed by atoms with Crippen LogP contribution < -0.4 is 10.6 Å². The van der Waals surface area contributed by atoms with E-state index in [0.29, 0.717) is 22.0 Å².